The third kappa shape index (κ3) is 3.50. The Bertz CT molecular complexity index is 1000. The maximum atomic E-state index is 12.8. The number of ether oxygens (including phenoxy) is 1. The zero-order valence-corrected chi connectivity index (χ0v) is 16.5. The van der Waals surface area contributed by atoms with Gasteiger partial charge in [0.1, 0.15) is 21.3 Å². The zero-order chi connectivity index (χ0) is 18.9. The van der Waals surface area contributed by atoms with E-state index in [9.17, 15) is 8.42 Å². The summed E-state index contributed by atoms with van der Waals surface area (Å²) in [4.78, 5) is 4.67. The van der Waals surface area contributed by atoms with Crippen LogP contribution < -0.4 is 4.74 Å². The van der Waals surface area contributed by atoms with E-state index >= 15 is 0 Å². The number of sulfonamides is 1. The Morgan fingerprint density at radius 1 is 1.31 bits per heavy atom. The lowest BCUT2D eigenvalue weighted by molar-refractivity contribution is 0.389. The molecule has 0 saturated heterocycles. The molecule has 0 saturated carbocycles. The summed E-state index contributed by atoms with van der Waals surface area (Å²) in [5.41, 5.74) is 1.95. The predicted octanol–water partition coefficient (Wildman–Crippen LogP) is 3.24. The molecule has 0 radical (unpaired) electrons. The summed E-state index contributed by atoms with van der Waals surface area (Å²) in [6, 6.07) is 7.59. The number of hydrogen-bond acceptors (Lipinski definition) is 7. The van der Waals surface area contributed by atoms with Crippen LogP contribution in [-0.2, 0) is 16.6 Å². The van der Waals surface area contributed by atoms with Gasteiger partial charge >= 0.3 is 0 Å². The van der Waals surface area contributed by atoms with Gasteiger partial charge < -0.3 is 9.26 Å². The lowest BCUT2D eigenvalue weighted by Gasteiger charge is -2.15. The third-order valence-electron chi connectivity index (χ3n) is 3.89. The third-order valence-corrected chi connectivity index (χ3v) is 6.88. The van der Waals surface area contributed by atoms with Gasteiger partial charge in [-0.25, -0.2) is 13.4 Å². The van der Waals surface area contributed by atoms with Gasteiger partial charge in [-0.05, 0) is 26.0 Å². The van der Waals surface area contributed by atoms with E-state index in [1.807, 2.05) is 29.6 Å². The summed E-state index contributed by atoms with van der Waals surface area (Å²) in [5, 5.41) is 6.39. The van der Waals surface area contributed by atoms with Gasteiger partial charge in [-0.15, -0.1) is 11.3 Å². The van der Waals surface area contributed by atoms with Crippen LogP contribution in [0.2, 0.25) is 0 Å². The maximum Gasteiger partial charge on any atom is 0.248 e. The molecule has 0 atom stereocenters. The molecule has 0 aliphatic rings. The largest absolute Gasteiger partial charge is 0.497 e. The van der Waals surface area contributed by atoms with Crippen LogP contribution in [0.4, 0.5) is 0 Å². The summed E-state index contributed by atoms with van der Waals surface area (Å²) in [7, 11) is -0.568. The van der Waals surface area contributed by atoms with Crippen molar-refractivity contribution in [2.24, 2.45) is 0 Å². The molecular weight excluding hydrogens is 374 g/mol. The highest BCUT2D eigenvalue weighted by atomic mass is 32.2. The average molecular weight is 393 g/mol. The Morgan fingerprint density at radius 3 is 2.73 bits per heavy atom. The fraction of sp³-hybridized carbons (Fsp3) is 0.294. The summed E-state index contributed by atoms with van der Waals surface area (Å²) in [6.07, 6.45) is 0. The van der Waals surface area contributed by atoms with Crippen LogP contribution >= 0.6 is 11.3 Å². The van der Waals surface area contributed by atoms with Gasteiger partial charge in [-0.3, -0.25) is 0 Å². The molecule has 0 spiro atoms. The molecule has 3 rings (SSSR count). The molecule has 26 heavy (non-hydrogen) atoms. The molecule has 0 aliphatic carbocycles. The lowest BCUT2D eigenvalue weighted by atomic mass is 10.2. The number of methoxy groups -OCH3 is 1. The van der Waals surface area contributed by atoms with Crippen molar-refractivity contribution in [3.05, 3.63) is 46.8 Å². The number of nitrogens with zero attached hydrogens (tertiary/aromatic N) is 3. The second-order valence-corrected chi connectivity index (χ2v) is 8.63. The average Bonchev–Trinajstić information content (AvgIpc) is 3.21. The molecular formula is C17H19N3O4S2. The van der Waals surface area contributed by atoms with Crippen LogP contribution in [0.1, 0.15) is 17.1 Å². The quantitative estimate of drug-likeness (QED) is 0.639. The number of benzene rings is 1. The highest BCUT2D eigenvalue weighted by Crippen LogP contribution is 2.28. The van der Waals surface area contributed by atoms with Crippen LogP contribution in [0.15, 0.2) is 39.1 Å². The normalized spacial score (nSPS) is 11.9. The first kappa shape index (κ1) is 18.6. The van der Waals surface area contributed by atoms with Crippen LogP contribution in [-0.4, -0.2) is 37.0 Å². The minimum atomic E-state index is -3.70. The molecule has 0 N–H and O–H groups in total. The molecule has 2 heterocycles. The van der Waals surface area contributed by atoms with Crippen LogP contribution in [0.5, 0.6) is 5.75 Å². The number of rotatable bonds is 6. The molecule has 138 valence electrons. The molecule has 0 unspecified atom stereocenters. The van der Waals surface area contributed by atoms with Crippen molar-refractivity contribution in [1.29, 1.82) is 0 Å². The molecule has 0 amide bonds. The minimum Gasteiger partial charge on any atom is -0.497 e. The Kier molecular flexibility index (Phi) is 5.12. The van der Waals surface area contributed by atoms with Gasteiger partial charge in [-0.2, -0.15) is 4.31 Å². The fourth-order valence-corrected chi connectivity index (χ4v) is 4.81. The first-order chi connectivity index (χ1) is 12.3. The van der Waals surface area contributed by atoms with E-state index in [0.717, 1.165) is 16.3 Å². The van der Waals surface area contributed by atoms with Crippen LogP contribution in [0.25, 0.3) is 10.6 Å². The molecule has 0 fully saturated rings. The van der Waals surface area contributed by atoms with Crippen molar-refractivity contribution in [2.75, 3.05) is 14.2 Å². The van der Waals surface area contributed by atoms with Crippen molar-refractivity contribution < 1.29 is 17.7 Å². The number of thiazole rings is 1. The molecule has 9 heteroatoms. The molecule has 0 bridgehead atoms. The SMILES string of the molecule is COc1cccc(-c2nc(CN(C)S(=O)(=O)c3c(C)noc3C)cs2)c1. The standard InChI is InChI=1S/C17H19N3O4S2/c1-11-16(12(2)24-19-11)26(21,22)20(3)9-14-10-25-17(18-14)13-6-5-7-15(8-13)23-4/h5-8,10H,9H2,1-4H3. The molecule has 7 nitrogen and oxygen atoms in total. The monoisotopic (exact) mass is 393 g/mol. The summed E-state index contributed by atoms with van der Waals surface area (Å²) < 4.78 is 37.0. The van der Waals surface area contributed by atoms with Gasteiger partial charge in [0, 0.05) is 18.0 Å². The van der Waals surface area contributed by atoms with E-state index in [1.165, 1.54) is 22.7 Å². The Hall–Kier alpha value is -2.23. The van der Waals surface area contributed by atoms with Gasteiger partial charge in [0.25, 0.3) is 0 Å². The summed E-state index contributed by atoms with van der Waals surface area (Å²) in [6.45, 7) is 3.36. The summed E-state index contributed by atoms with van der Waals surface area (Å²) in [5.74, 6) is 1.03. The van der Waals surface area contributed by atoms with E-state index < -0.39 is 10.0 Å². The number of aromatic nitrogens is 2. The van der Waals surface area contributed by atoms with Crippen LogP contribution in [0, 0.1) is 13.8 Å². The van der Waals surface area contributed by atoms with Gasteiger partial charge in [0.05, 0.1) is 19.3 Å². The highest BCUT2D eigenvalue weighted by molar-refractivity contribution is 7.89. The van der Waals surface area contributed by atoms with E-state index in [-0.39, 0.29) is 17.2 Å². The Balaban J connectivity index is 1.82. The van der Waals surface area contributed by atoms with E-state index in [0.29, 0.717) is 11.4 Å². The van der Waals surface area contributed by atoms with Crippen LogP contribution in [0.3, 0.4) is 0 Å². The smallest absolute Gasteiger partial charge is 0.248 e. The zero-order valence-electron chi connectivity index (χ0n) is 14.9. The minimum absolute atomic E-state index is 0.114. The van der Waals surface area contributed by atoms with E-state index in [1.54, 1.807) is 21.0 Å². The molecule has 1 aromatic carbocycles. The van der Waals surface area contributed by atoms with E-state index in [2.05, 4.69) is 10.1 Å². The second-order valence-electron chi connectivity index (χ2n) is 5.79. The number of aryl methyl sites for hydroxylation is 2. The highest BCUT2D eigenvalue weighted by Gasteiger charge is 2.29. The molecule has 0 aliphatic heterocycles. The predicted molar refractivity (Wildman–Crippen MR) is 98.7 cm³/mol. The van der Waals surface area contributed by atoms with Crippen molar-refractivity contribution >= 4 is 21.4 Å². The van der Waals surface area contributed by atoms with Crippen molar-refractivity contribution in [1.82, 2.24) is 14.4 Å². The molecule has 3 aromatic rings. The van der Waals surface area contributed by atoms with Crippen molar-refractivity contribution in [3.63, 3.8) is 0 Å². The molecule has 2 aromatic heterocycles. The first-order valence-electron chi connectivity index (χ1n) is 7.81. The first-order valence-corrected chi connectivity index (χ1v) is 10.1. The number of hydrogen-bond donors (Lipinski definition) is 0. The second kappa shape index (κ2) is 7.18. The fourth-order valence-electron chi connectivity index (χ4n) is 2.58. The van der Waals surface area contributed by atoms with Gasteiger partial charge in [0.2, 0.25) is 10.0 Å². The van der Waals surface area contributed by atoms with Gasteiger partial charge in [0.15, 0.2) is 5.76 Å². The van der Waals surface area contributed by atoms with Gasteiger partial charge in [-0.1, -0.05) is 17.3 Å². The van der Waals surface area contributed by atoms with Crippen molar-refractivity contribution in [2.45, 2.75) is 25.3 Å². The topological polar surface area (TPSA) is 85.5 Å². The maximum absolute atomic E-state index is 12.8. The summed E-state index contributed by atoms with van der Waals surface area (Å²) >= 11 is 1.46. The van der Waals surface area contributed by atoms with Crippen molar-refractivity contribution in [3.8, 4) is 16.3 Å². The lowest BCUT2D eigenvalue weighted by Crippen LogP contribution is -2.27. The van der Waals surface area contributed by atoms with E-state index in [4.69, 9.17) is 9.26 Å². The Morgan fingerprint density at radius 2 is 2.08 bits per heavy atom. The Labute approximate surface area is 156 Å².